The monoisotopic (exact) mass is 381 g/mol. The summed E-state index contributed by atoms with van der Waals surface area (Å²) in [7, 11) is 0. The van der Waals surface area contributed by atoms with Gasteiger partial charge in [0, 0.05) is 32.1 Å². The summed E-state index contributed by atoms with van der Waals surface area (Å²) in [5.41, 5.74) is 1.16. The predicted molar refractivity (Wildman–Crippen MR) is 104 cm³/mol. The fraction of sp³-hybridized carbons (Fsp3) is 0.579. The molecule has 144 valence electrons. The summed E-state index contributed by atoms with van der Waals surface area (Å²) in [6, 6.07) is 7.29. The Labute approximate surface area is 161 Å². The normalized spacial score (nSPS) is 21.0. The third kappa shape index (κ3) is 5.43. The van der Waals surface area contributed by atoms with Gasteiger partial charge in [-0.15, -0.1) is 12.4 Å². The highest BCUT2D eigenvalue weighted by molar-refractivity contribution is 6.03. The van der Waals surface area contributed by atoms with Crippen molar-refractivity contribution in [3.8, 4) is 0 Å². The first-order chi connectivity index (χ1) is 12.1. The molecule has 0 aliphatic carbocycles. The van der Waals surface area contributed by atoms with Crippen LogP contribution in [0.5, 0.6) is 0 Å². The maximum atomic E-state index is 12.8. The number of nitrogens with one attached hydrogen (secondary N) is 2. The summed E-state index contributed by atoms with van der Waals surface area (Å²) < 4.78 is 5.38. The number of benzene rings is 1. The minimum Gasteiger partial charge on any atom is -0.378 e. The van der Waals surface area contributed by atoms with Gasteiger partial charge in [0.2, 0.25) is 5.91 Å². The zero-order valence-electron chi connectivity index (χ0n) is 15.2. The second-order valence-corrected chi connectivity index (χ2v) is 7.00. The van der Waals surface area contributed by atoms with Gasteiger partial charge >= 0.3 is 0 Å². The quantitative estimate of drug-likeness (QED) is 0.839. The molecule has 0 saturated carbocycles. The molecule has 1 unspecified atom stereocenters. The third-order valence-corrected chi connectivity index (χ3v) is 4.93. The number of carbonyl (C=O) groups excluding carboxylic acids is 2. The van der Waals surface area contributed by atoms with Gasteiger partial charge in [0.25, 0.3) is 5.91 Å². The first-order valence-corrected chi connectivity index (χ1v) is 9.13. The fourth-order valence-electron chi connectivity index (χ4n) is 3.34. The van der Waals surface area contributed by atoms with E-state index in [0.717, 1.165) is 32.5 Å². The Morgan fingerprint density at radius 3 is 2.69 bits per heavy atom. The highest BCUT2D eigenvalue weighted by Crippen LogP contribution is 2.22. The number of anilines is 1. The lowest BCUT2D eigenvalue weighted by Gasteiger charge is -2.31. The molecule has 1 aromatic carbocycles. The molecule has 26 heavy (non-hydrogen) atoms. The van der Waals surface area contributed by atoms with E-state index >= 15 is 0 Å². The maximum Gasteiger partial charge on any atom is 0.255 e. The Kier molecular flexibility index (Phi) is 7.87. The average Bonchev–Trinajstić information content (AvgIpc) is 2.63. The van der Waals surface area contributed by atoms with Crippen LogP contribution >= 0.6 is 12.4 Å². The molecule has 0 radical (unpaired) electrons. The molecule has 1 aromatic rings. The minimum atomic E-state index is -0.101. The van der Waals surface area contributed by atoms with Crippen molar-refractivity contribution in [2.24, 2.45) is 5.92 Å². The van der Waals surface area contributed by atoms with E-state index in [9.17, 15) is 9.59 Å². The summed E-state index contributed by atoms with van der Waals surface area (Å²) in [4.78, 5) is 27.1. The Morgan fingerprint density at radius 1 is 1.27 bits per heavy atom. The van der Waals surface area contributed by atoms with Crippen LogP contribution in [-0.4, -0.2) is 55.6 Å². The molecule has 7 heteroatoms. The lowest BCUT2D eigenvalue weighted by atomic mass is 9.98. The Morgan fingerprint density at radius 2 is 2.00 bits per heavy atom. The van der Waals surface area contributed by atoms with Crippen molar-refractivity contribution < 1.29 is 14.3 Å². The van der Waals surface area contributed by atoms with E-state index < -0.39 is 0 Å². The second kappa shape index (κ2) is 9.90. The molecule has 0 aromatic heterocycles. The van der Waals surface area contributed by atoms with E-state index in [2.05, 4.69) is 17.6 Å². The number of morpholine rings is 1. The summed E-state index contributed by atoms with van der Waals surface area (Å²) in [5, 5.41) is 6.17. The van der Waals surface area contributed by atoms with Crippen LogP contribution in [0.2, 0.25) is 0 Å². The van der Waals surface area contributed by atoms with Gasteiger partial charge in [0.1, 0.15) is 0 Å². The zero-order chi connectivity index (χ0) is 17.6. The van der Waals surface area contributed by atoms with Crippen LogP contribution < -0.4 is 10.6 Å². The van der Waals surface area contributed by atoms with Crippen LogP contribution in [0.1, 0.15) is 36.5 Å². The first kappa shape index (κ1) is 20.7. The van der Waals surface area contributed by atoms with Crippen LogP contribution in [0.3, 0.4) is 0 Å². The second-order valence-electron chi connectivity index (χ2n) is 7.00. The lowest BCUT2D eigenvalue weighted by molar-refractivity contribution is -0.117. The van der Waals surface area contributed by atoms with Gasteiger partial charge in [0.05, 0.1) is 24.5 Å². The number of hydrogen-bond acceptors (Lipinski definition) is 4. The number of hydrogen-bond donors (Lipinski definition) is 2. The Bertz CT molecular complexity index is 612. The molecule has 2 saturated heterocycles. The molecule has 2 fully saturated rings. The SMILES string of the molecule is CC1CCN(C(=O)c2ccccc2NC(=O)CC2COCCN2)CC1.Cl. The van der Waals surface area contributed by atoms with Crippen molar-refractivity contribution in [1.29, 1.82) is 0 Å². The fourth-order valence-corrected chi connectivity index (χ4v) is 3.34. The molecule has 2 aliphatic heterocycles. The van der Waals surface area contributed by atoms with E-state index in [-0.39, 0.29) is 30.3 Å². The van der Waals surface area contributed by atoms with Crippen LogP contribution in [0.4, 0.5) is 5.69 Å². The largest absolute Gasteiger partial charge is 0.378 e. The smallest absolute Gasteiger partial charge is 0.255 e. The number of rotatable bonds is 4. The maximum absolute atomic E-state index is 12.8. The minimum absolute atomic E-state index is 0. The third-order valence-electron chi connectivity index (χ3n) is 4.93. The molecule has 0 bridgehead atoms. The predicted octanol–water partition coefficient (Wildman–Crippen LogP) is 2.30. The molecule has 2 amide bonds. The van der Waals surface area contributed by atoms with E-state index in [1.165, 1.54) is 0 Å². The lowest BCUT2D eigenvalue weighted by Crippen LogP contribution is -2.43. The van der Waals surface area contributed by atoms with Crippen molar-refractivity contribution >= 4 is 29.9 Å². The molecule has 2 heterocycles. The van der Waals surface area contributed by atoms with Gasteiger partial charge in [-0.05, 0) is 30.9 Å². The van der Waals surface area contributed by atoms with Crippen LogP contribution in [0.15, 0.2) is 24.3 Å². The average molecular weight is 382 g/mol. The molecule has 2 N–H and O–H groups in total. The summed E-state index contributed by atoms with van der Waals surface area (Å²) in [5.74, 6) is 0.571. The van der Waals surface area contributed by atoms with Crippen molar-refractivity contribution in [1.82, 2.24) is 10.2 Å². The van der Waals surface area contributed by atoms with E-state index in [1.54, 1.807) is 12.1 Å². The number of likely N-dealkylation sites (tertiary alicyclic amines) is 1. The van der Waals surface area contributed by atoms with E-state index in [4.69, 9.17) is 4.74 Å². The van der Waals surface area contributed by atoms with E-state index in [0.29, 0.717) is 36.8 Å². The molecule has 1 atom stereocenters. The van der Waals surface area contributed by atoms with Gasteiger partial charge in [-0.3, -0.25) is 9.59 Å². The van der Waals surface area contributed by atoms with Gasteiger partial charge in [-0.1, -0.05) is 19.1 Å². The summed E-state index contributed by atoms with van der Waals surface area (Å²) >= 11 is 0. The van der Waals surface area contributed by atoms with Gasteiger partial charge in [0.15, 0.2) is 0 Å². The molecule has 3 rings (SSSR count). The van der Waals surface area contributed by atoms with Crippen molar-refractivity contribution in [2.45, 2.75) is 32.2 Å². The molecule has 6 nitrogen and oxygen atoms in total. The molecular formula is C19H28ClN3O3. The number of piperidine rings is 1. The molecule has 0 spiro atoms. The van der Waals surface area contributed by atoms with Crippen LogP contribution in [-0.2, 0) is 9.53 Å². The standard InChI is InChI=1S/C19H27N3O3.ClH/c1-14-6-9-22(10-7-14)19(24)16-4-2-3-5-17(16)21-18(23)12-15-13-25-11-8-20-15;/h2-5,14-15,20H,6-13H2,1H3,(H,21,23);1H. The number of carbonyl (C=O) groups is 2. The number of ether oxygens (including phenoxy) is 1. The number of nitrogens with zero attached hydrogens (tertiary/aromatic N) is 1. The topological polar surface area (TPSA) is 70.7 Å². The van der Waals surface area contributed by atoms with Crippen molar-refractivity contribution in [3.63, 3.8) is 0 Å². The highest BCUT2D eigenvalue weighted by Gasteiger charge is 2.24. The van der Waals surface area contributed by atoms with Gasteiger partial charge in [-0.2, -0.15) is 0 Å². The number of para-hydroxylation sites is 1. The number of halogens is 1. The molecule has 2 aliphatic rings. The van der Waals surface area contributed by atoms with Crippen LogP contribution in [0, 0.1) is 5.92 Å². The summed E-state index contributed by atoms with van der Waals surface area (Å²) in [6.45, 7) is 5.78. The van der Waals surface area contributed by atoms with Crippen LogP contribution in [0.25, 0.3) is 0 Å². The van der Waals surface area contributed by atoms with Gasteiger partial charge in [-0.25, -0.2) is 0 Å². The van der Waals surface area contributed by atoms with Crippen molar-refractivity contribution in [3.05, 3.63) is 29.8 Å². The zero-order valence-corrected chi connectivity index (χ0v) is 16.0. The highest BCUT2D eigenvalue weighted by atomic mass is 35.5. The van der Waals surface area contributed by atoms with E-state index in [1.807, 2.05) is 17.0 Å². The van der Waals surface area contributed by atoms with Crippen molar-refractivity contribution in [2.75, 3.05) is 38.2 Å². The molecular weight excluding hydrogens is 354 g/mol. The summed E-state index contributed by atoms with van der Waals surface area (Å²) in [6.07, 6.45) is 2.41. The first-order valence-electron chi connectivity index (χ1n) is 9.13. The Balaban J connectivity index is 0.00000243. The number of amides is 2. The Hall–Kier alpha value is -1.63. The van der Waals surface area contributed by atoms with Gasteiger partial charge < -0.3 is 20.3 Å².